The first kappa shape index (κ1) is 14.5. The van der Waals surface area contributed by atoms with Crippen molar-refractivity contribution in [2.45, 2.75) is 6.54 Å². The maximum atomic E-state index is 13.7. The third kappa shape index (κ3) is 2.99. The fraction of sp³-hybridized carbons (Fsp3) is 0.133. The van der Waals surface area contributed by atoms with E-state index in [4.69, 9.17) is 11.1 Å². The minimum atomic E-state index is -0.237. The lowest BCUT2D eigenvalue weighted by Crippen LogP contribution is -2.22. The molecule has 0 saturated heterocycles. The highest BCUT2D eigenvalue weighted by Gasteiger charge is 2.14. The summed E-state index contributed by atoms with van der Waals surface area (Å²) in [6, 6.07) is 12.2. The highest BCUT2D eigenvalue weighted by molar-refractivity contribution is 9.10. The van der Waals surface area contributed by atoms with E-state index in [0.717, 1.165) is 10.2 Å². The molecule has 0 radical (unpaired) electrons. The average molecular weight is 336 g/mol. The van der Waals surface area contributed by atoms with Gasteiger partial charge in [0.25, 0.3) is 0 Å². The van der Waals surface area contributed by atoms with Crippen LogP contribution in [0.15, 0.2) is 46.9 Å². The Hall–Kier alpha value is -1.88. The summed E-state index contributed by atoms with van der Waals surface area (Å²) in [5.41, 5.74) is 7.63. The molecule has 0 bridgehead atoms. The molecular weight excluding hydrogens is 321 g/mol. The van der Waals surface area contributed by atoms with Gasteiger partial charge in [0.2, 0.25) is 0 Å². The van der Waals surface area contributed by atoms with Crippen molar-refractivity contribution in [3.8, 4) is 0 Å². The van der Waals surface area contributed by atoms with Crippen molar-refractivity contribution >= 4 is 27.5 Å². The molecule has 0 saturated carbocycles. The Bertz CT molecular complexity index is 643. The SMILES string of the molecule is CN(Cc1ccccc1F)c1cccc(Br)c1C(=N)N. The molecule has 0 unspecified atom stereocenters. The van der Waals surface area contributed by atoms with Crippen molar-refractivity contribution < 1.29 is 4.39 Å². The Labute approximate surface area is 125 Å². The van der Waals surface area contributed by atoms with Gasteiger partial charge in [0.1, 0.15) is 11.7 Å². The number of hydrogen-bond acceptors (Lipinski definition) is 2. The Morgan fingerprint density at radius 2 is 1.95 bits per heavy atom. The van der Waals surface area contributed by atoms with Crippen molar-refractivity contribution in [1.29, 1.82) is 5.41 Å². The zero-order valence-corrected chi connectivity index (χ0v) is 12.6. The molecule has 0 aliphatic heterocycles. The predicted octanol–water partition coefficient (Wildman–Crippen LogP) is 3.51. The fourth-order valence-electron chi connectivity index (χ4n) is 2.06. The van der Waals surface area contributed by atoms with Crippen LogP contribution in [0.4, 0.5) is 10.1 Å². The summed E-state index contributed by atoms with van der Waals surface area (Å²) in [5.74, 6) is -0.258. The van der Waals surface area contributed by atoms with Crippen molar-refractivity contribution in [3.05, 3.63) is 63.9 Å². The smallest absolute Gasteiger partial charge is 0.128 e. The molecule has 0 heterocycles. The number of rotatable bonds is 4. The van der Waals surface area contributed by atoms with Crippen molar-refractivity contribution in [2.24, 2.45) is 5.73 Å². The summed E-state index contributed by atoms with van der Waals surface area (Å²) in [6.45, 7) is 0.406. The number of benzene rings is 2. The number of halogens is 2. The lowest BCUT2D eigenvalue weighted by Gasteiger charge is -2.23. The van der Waals surface area contributed by atoms with Crippen LogP contribution in [-0.4, -0.2) is 12.9 Å². The normalized spacial score (nSPS) is 10.3. The maximum Gasteiger partial charge on any atom is 0.128 e. The van der Waals surface area contributed by atoms with E-state index < -0.39 is 0 Å². The standard InChI is InChI=1S/C15H15BrFN3/c1-20(9-10-5-2-3-7-12(10)17)13-8-4-6-11(16)14(13)15(18)19/h2-8H,9H2,1H3,(H3,18,19). The summed E-state index contributed by atoms with van der Waals surface area (Å²) >= 11 is 3.39. The predicted molar refractivity (Wildman–Crippen MR) is 83.7 cm³/mol. The molecule has 3 nitrogen and oxygen atoms in total. The van der Waals surface area contributed by atoms with E-state index in [1.807, 2.05) is 30.1 Å². The van der Waals surface area contributed by atoms with E-state index in [2.05, 4.69) is 15.9 Å². The topological polar surface area (TPSA) is 53.1 Å². The van der Waals surface area contributed by atoms with Crippen molar-refractivity contribution in [1.82, 2.24) is 0 Å². The molecule has 0 aliphatic rings. The minimum Gasteiger partial charge on any atom is -0.384 e. The average Bonchev–Trinajstić information content (AvgIpc) is 2.40. The maximum absolute atomic E-state index is 13.7. The number of amidine groups is 1. The number of nitrogen functional groups attached to an aromatic ring is 1. The molecule has 0 spiro atoms. The van der Waals surface area contributed by atoms with Crippen LogP contribution < -0.4 is 10.6 Å². The lowest BCUT2D eigenvalue weighted by atomic mass is 10.1. The quantitative estimate of drug-likeness (QED) is 0.663. The zero-order chi connectivity index (χ0) is 14.7. The van der Waals surface area contributed by atoms with E-state index in [0.29, 0.717) is 17.7 Å². The first-order valence-corrected chi connectivity index (χ1v) is 6.87. The molecule has 0 aromatic heterocycles. The lowest BCUT2D eigenvalue weighted by molar-refractivity contribution is 0.608. The molecule has 5 heteroatoms. The molecule has 0 fully saturated rings. The van der Waals surface area contributed by atoms with Gasteiger partial charge >= 0.3 is 0 Å². The van der Waals surface area contributed by atoms with Crippen LogP contribution in [0.5, 0.6) is 0 Å². The van der Waals surface area contributed by atoms with Gasteiger partial charge < -0.3 is 10.6 Å². The fourth-order valence-corrected chi connectivity index (χ4v) is 2.63. The van der Waals surface area contributed by atoms with Crippen LogP contribution in [0.3, 0.4) is 0 Å². The van der Waals surface area contributed by atoms with Crippen molar-refractivity contribution in [2.75, 3.05) is 11.9 Å². The van der Waals surface area contributed by atoms with E-state index in [-0.39, 0.29) is 11.7 Å². The molecule has 0 atom stereocenters. The van der Waals surface area contributed by atoms with Gasteiger partial charge in [-0.1, -0.05) is 24.3 Å². The molecule has 3 N–H and O–H groups in total. The molecule has 104 valence electrons. The molecule has 2 aromatic carbocycles. The highest BCUT2D eigenvalue weighted by Crippen LogP contribution is 2.28. The zero-order valence-electron chi connectivity index (χ0n) is 11.0. The minimum absolute atomic E-state index is 0.0205. The van der Waals surface area contributed by atoms with Gasteiger partial charge in [-0.2, -0.15) is 0 Å². The van der Waals surface area contributed by atoms with Crippen LogP contribution in [0, 0.1) is 11.2 Å². The summed E-state index contributed by atoms with van der Waals surface area (Å²) in [5, 5.41) is 7.68. The van der Waals surface area contributed by atoms with E-state index in [1.54, 1.807) is 18.2 Å². The Morgan fingerprint density at radius 1 is 1.25 bits per heavy atom. The van der Waals surface area contributed by atoms with E-state index in [9.17, 15) is 4.39 Å². The van der Waals surface area contributed by atoms with Gasteiger partial charge in [0, 0.05) is 29.3 Å². The Morgan fingerprint density at radius 3 is 2.60 bits per heavy atom. The van der Waals surface area contributed by atoms with Gasteiger partial charge in [-0.3, -0.25) is 5.41 Å². The number of nitrogens with two attached hydrogens (primary N) is 1. The number of nitrogens with one attached hydrogen (secondary N) is 1. The van der Waals surface area contributed by atoms with Gasteiger partial charge in [-0.05, 0) is 34.1 Å². The van der Waals surface area contributed by atoms with Gasteiger partial charge in [0.15, 0.2) is 0 Å². The number of nitrogens with zero attached hydrogens (tertiary/aromatic N) is 1. The first-order valence-electron chi connectivity index (χ1n) is 6.08. The second-order valence-electron chi connectivity index (χ2n) is 4.50. The van der Waals surface area contributed by atoms with Crippen LogP contribution in [0.1, 0.15) is 11.1 Å². The van der Waals surface area contributed by atoms with E-state index in [1.165, 1.54) is 6.07 Å². The molecular formula is C15H15BrFN3. The van der Waals surface area contributed by atoms with Gasteiger partial charge in [0.05, 0.1) is 5.56 Å². The number of hydrogen-bond donors (Lipinski definition) is 2. The Kier molecular flexibility index (Phi) is 4.39. The summed E-state index contributed by atoms with van der Waals surface area (Å²) in [6.07, 6.45) is 0. The second kappa shape index (κ2) is 6.05. The largest absolute Gasteiger partial charge is 0.384 e. The van der Waals surface area contributed by atoms with Crippen LogP contribution in [0.25, 0.3) is 0 Å². The van der Waals surface area contributed by atoms with Crippen LogP contribution in [-0.2, 0) is 6.54 Å². The third-order valence-electron chi connectivity index (χ3n) is 3.04. The van der Waals surface area contributed by atoms with Crippen LogP contribution in [0.2, 0.25) is 0 Å². The highest BCUT2D eigenvalue weighted by atomic mass is 79.9. The molecule has 0 amide bonds. The number of anilines is 1. The molecule has 2 rings (SSSR count). The molecule has 0 aliphatic carbocycles. The molecule has 20 heavy (non-hydrogen) atoms. The van der Waals surface area contributed by atoms with Crippen molar-refractivity contribution in [3.63, 3.8) is 0 Å². The Balaban J connectivity index is 2.35. The summed E-state index contributed by atoms with van der Waals surface area (Å²) in [7, 11) is 1.85. The third-order valence-corrected chi connectivity index (χ3v) is 3.70. The monoisotopic (exact) mass is 335 g/mol. The summed E-state index contributed by atoms with van der Waals surface area (Å²) < 4.78 is 14.5. The molecule has 2 aromatic rings. The van der Waals surface area contributed by atoms with Crippen LogP contribution >= 0.6 is 15.9 Å². The van der Waals surface area contributed by atoms with Gasteiger partial charge in [-0.15, -0.1) is 0 Å². The van der Waals surface area contributed by atoms with E-state index >= 15 is 0 Å². The first-order chi connectivity index (χ1) is 9.50. The summed E-state index contributed by atoms with van der Waals surface area (Å²) in [4.78, 5) is 1.87. The second-order valence-corrected chi connectivity index (χ2v) is 5.35. The van der Waals surface area contributed by atoms with Gasteiger partial charge in [-0.25, -0.2) is 4.39 Å².